The lowest BCUT2D eigenvalue weighted by atomic mass is 10.2. The molecule has 0 radical (unpaired) electrons. The molecule has 0 spiro atoms. The number of carbonyl (C=O) groups is 1. The van der Waals surface area contributed by atoms with E-state index in [1.165, 1.54) is 0 Å². The molecule has 1 amide bonds. The smallest absolute Gasteiger partial charge is 0.253 e. The van der Waals surface area contributed by atoms with Gasteiger partial charge in [0.1, 0.15) is 5.01 Å². The summed E-state index contributed by atoms with van der Waals surface area (Å²) in [6, 6.07) is 6.10. The van der Waals surface area contributed by atoms with E-state index in [0.717, 1.165) is 65.8 Å². The van der Waals surface area contributed by atoms with Gasteiger partial charge in [-0.05, 0) is 50.3 Å². The molecule has 1 aliphatic rings. The summed E-state index contributed by atoms with van der Waals surface area (Å²) in [7, 11) is 0. The lowest BCUT2D eigenvalue weighted by Crippen LogP contribution is -2.32. The fourth-order valence-electron chi connectivity index (χ4n) is 4.12. The van der Waals surface area contributed by atoms with E-state index in [-0.39, 0.29) is 12.0 Å². The van der Waals surface area contributed by atoms with Crippen molar-refractivity contribution in [2.75, 3.05) is 13.2 Å². The van der Waals surface area contributed by atoms with E-state index in [4.69, 9.17) is 9.72 Å². The minimum atomic E-state index is -0.0427. The van der Waals surface area contributed by atoms with Crippen molar-refractivity contribution in [2.24, 2.45) is 5.92 Å². The molecule has 7 heteroatoms. The SMILES string of the molecule is CCc1cc(-c2nc(-c3cc(C(=O)NCC4CCCO4)c(C)n3CC(C)C)cs2)ccn1. The maximum atomic E-state index is 13.0. The van der Waals surface area contributed by atoms with E-state index < -0.39 is 0 Å². The summed E-state index contributed by atoms with van der Waals surface area (Å²) in [5, 5.41) is 6.12. The van der Waals surface area contributed by atoms with Gasteiger partial charge in [0.15, 0.2) is 0 Å². The summed E-state index contributed by atoms with van der Waals surface area (Å²) >= 11 is 1.63. The molecule has 1 saturated heterocycles. The number of carbonyl (C=O) groups excluding carboxylic acids is 1. The Morgan fingerprint density at radius 3 is 2.94 bits per heavy atom. The van der Waals surface area contributed by atoms with Crippen molar-refractivity contribution < 1.29 is 9.53 Å². The molecule has 1 fully saturated rings. The standard InChI is InChI=1S/C25H32N4O2S/c1-5-19-11-18(8-9-26-19)25-28-22(15-32-25)23-12-21(17(4)29(23)14-16(2)3)24(30)27-13-20-7-6-10-31-20/h8-9,11-12,15-16,20H,5-7,10,13-14H2,1-4H3,(H,27,30). The zero-order valence-electron chi connectivity index (χ0n) is 19.4. The number of amides is 1. The summed E-state index contributed by atoms with van der Waals surface area (Å²) in [6.45, 7) is 10.7. The van der Waals surface area contributed by atoms with Gasteiger partial charge >= 0.3 is 0 Å². The summed E-state index contributed by atoms with van der Waals surface area (Å²) in [6.07, 6.45) is 4.95. The molecule has 3 aromatic heterocycles. The van der Waals surface area contributed by atoms with Gasteiger partial charge in [0.2, 0.25) is 0 Å². The number of hydrogen-bond donors (Lipinski definition) is 1. The first-order valence-electron chi connectivity index (χ1n) is 11.5. The molecule has 1 unspecified atom stereocenters. The average Bonchev–Trinajstić information content (AvgIpc) is 3.53. The number of pyridine rings is 1. The predicted octanol–water partition coefficient (Wildman–Crippen LogP) is 5.11. The van der Waals surface area contributed by atoms with Gasteiger partial charge in [-0.1, -0.05) is 20.8 Å². The van der Waals surface area contributed by atoms with Crippen LogP contribution in [-0.4, -0.2) is 39.7 Å². The zero-order chi connectivity index (χ0) is 22.7. The first-order chi connectivity index (χ1) is 15.5. The van der Waals surface area contributed by atoms with Crippen LogP contribution in [-0.2, 0) is 17.7 Å². The Labute approximate surface area is 194 Å². The van der Waals surface area contributed by atoms with Crippen LogP contribution in [0.15, 0.2) is 29.8 Å². The van der Waals surface area contributed by atoms with Gasteiger partial charge in [0, 0.05) is 48.2 Å². The third-order valence-electron chi connectivity index (χ3n) is 5.87. The van der Waals surface area contributed by atoms with Crippen molar-refractivity contribution >= 4 is 17.2 Å². The molecule has 170 valence electrons. The third kappa shape index (κ3) is 4.94. The van der Waals surface area contributed by atoms with Gasteiger partial charge in [-0.3, -0.25) is 9.78 Å². The topological polar surface area (TPSA) is 69.0 Å². The predicted molar refractivity (Wildman–Crippen MR) is 129 cm³/mol. The second-order valence-corrected chi connectivity index (χ2v) is 9.66. The van der Waals surface area contributed by atoms with Crippen molar-refractivity contribution in [1.29, 1.82) is 0 Å². The minimum Gasteiger partial charge on any atom is -0.376 e. The van der Waals surface area contributed by atoms with Crippen molar-refractivity contribution in [1.82, 2.24) is 19.9 Å². The summed E-state index contributed by atoms with van der Waals surface area (Å²) in [4.78, 5) is 22.3. The molecule has 1 N–H and O–H groups in total. The lowest BCUT2D eigenvalue weighted by molar-refractivity contribution is 0.0857. The Balaban J connectivity index is 1.63. The Morgan fingerprint density at radius 1 is 1.38 bits per heavy atom. The van der Waals surface area contributed by atoms with Gasteiger partial charge in [-0.2, -0.15) is 0 Å². The number of nitrogens with one attached hydrogen (secondary N) is 1. The molecule has 4 rings (SSSR count). The summed E-state index contributed by atoms with van der Waals surface area (Å²) in [5.74, 6) is 0.409. The first-order valence-corrected chi connectivity index (χ1v) is 12.3. The number of aryl methyl sites for hydroxylation is 1. The fraction of sp³-hybridized carbons (Fsp3) is 0.480. The molecule has 4 heterocycles. The molecule has 1 atom stereocenters. The normalized spacial score (nSPS) is 16.1. The highest BCUT2D eigenvalue weighted by Crippen LogP contribution is 2.32. The van der Waals surface area contributed by atoms with Gasteiger partial charge in [-0.15, -0.1) is 11.3 Å². The highest BCUT2D eigenvalue weighted by Gasteiger charge is 2.22. The van der Waals surface area contributed by atoms with Crippen LogP contribution < -0.4 is 5.32 Å². The van der Waals surface area contributed by atoms with Crippen molar-refractivity contribution in [3.63, 3.8) is 0 Å². The quantitative estimate of drug-likeness (QED) is 0.516. The number of ether oxygens (including phenoxy) is 1. The third-order valence-corrected chi connectivity index (χ3v) is 6.76. The fourth-order valence-corrected chi connectivity index (χ4v) is 4.93. The Bertz CT molecular complexity index is 1080. The van der Waals surface area contributed by atoms with Gasteiger partial charge < -0.3 is 14.6 Å². The van der Waals surface area contributed by atoms with Crippen LogP contribution in [0.25, 0.3) is 22.0 Å². The number of hydrogen-bond acceptors (Lipinski definition) is 5. The molecular formula is C25H32N4O2S. The monoisotopic (exact) mass is 452 g/mol. The highest BCUT2D eigenvalue weighted by atomic mass is 32.1. The molecule has 6 nitrogen and oxygen atoms in total. The second-order valence-electron chi connectivity index (χ2n) is 8.81. The van der Waals surface area contributed by atoms with E-state index in [9.17, 15) is 4.79 Å². The Kier molecular flexibility index (Phi) is 7.06. The van der Waals surface area contributed by atoms with Crippen molar-refractivity contribution in [2.45, 2.75) is 59.6 Å². The van der Waals surface area contributed by atoms with E-state index >= 15 is 0 Å². The first kappa shape index (κ1) is 22.7. The van der Waals surface area contributed by atoms with E-state index in [1.807, 2.05) is 25.3 Å². The Morgan fingerprint density at radius 2 is 2.22 bits per heavy atom. The maximum absolute atomic E-state index is 13.0. The van der Waals surface area contributed by atoms with Crippen LogP contribution in [0, 0.1) is 12.8 Å². The summed E-state index contributed by atoms with van der Waals surface area (Å²) in [5.41, 5.74) is 5.73. The minimum absolute atomic E-state index is 0.0427. The van der Waals surface area contributed by atoms with Gasteiger partial charge in [-0.25, -0.2) is 4.98 Å². The molecular weight excluding hydrogens is 420 g/mol. The molecule has 3 aromatic rings. The van der Waals surface area contributed by atoms with Gasteiger partial charge in [0.05, 0.1) is 23.1 Å². The van der Waals surface area contributed by atoms with Crippen molar-refractivity contribution in [3.8, 4) is 22.0 Å². The Hall–Kier alpha value is -2.51. The van der Waals surface area contributed by atoms with Crippen LogP contribution in [0.5, 0.6) is 0 Å². The largest absolute Gasteiger partial charge is 0.376 e. The molecule has 0 bridgehead atoms. The number of aromatic nitrogens is 3. The second kappa shape index (κ2) is 9.96. The number of rotatable bonds is 8. The molecule has 1 aliphatic heterocycles. The lowest BCUT2D eigenvalue weighted by Gasteiger charge is -2.14. The van der Waals surface area contributed by atoms with Crippen LogP contribution in [0.3, 0.4) is 0 Å². The molecule has 0 saturated carbocycles. The van der Waals surface area contributed by atoms with E-state index in [2.05, 4.69) is 47.1 Å². The van der Waals surface area contributed by atoms with Crippen LogP contribution in [0.1, 0.15) is 55.4 Å². The van der Waals surface area contributed by atoms with Crippen LogP contribution in [0.4, 0.5) is 0 Å². The van der Waals surface area contributed by atoms with E-state index in [0.29, 0.717) is 18.0 Å². The number of nitrogens with zero attached hydrogens (tertiary/aromatic N) is 3. The van der Waals surface area contributed by atoms with Crippen LogP contribution in [0.2, 0.25) is 0 Å². The van der Waals surface area contributed by atoms with Gasteiger partial charge in [0.25, 0.3) is 5.91 Å². The molecule has 0 aromatic carbocycles. The van der Waals surface area contributed by atoms with Crippen molar-refractivity contribution in [3.05, 3.63) is 46.7 Å². The van der Waals surface area contributed by atoms with Crippen LogP contribution >= 0.6 is 11.3 Å². The highest BCUT2D eigenvalue weighted by molar-refractivity contribution is 7.13. The van der Waals surface area contributed by atoms with E-state index in [1.54, 1.807) is 11.3 Å². The number of thiazole rings is 1. The molecule has 32 heavy (non-hydrogen) atoms. The summed E-state index contributed by atoms with van der Waals surface area (Å²) < 4.78 is 7.88. The average molecular weight is 453 g/mol. The maximum Gasteiger partial charge on any atom is 0.253 e. The molecule has 0 aliphatic carbocycles. The zero-order valence-corrected chi connectivity index (χ0v) is 20.2.